The van der Waals surface area contributed by atoms with Crippen LogP contribution in [0.15, 0.2) is 79.1 Å². The van der Waals surface area contributed by atoms with Crippen molar-refractivity contribution in [2.45, 2.75) is 89.2 Å². The Hall–Kier alpha value is -5.08. The molecule has 1 aromatic rings. The van der Waals surface area contributed by atoms with Crippen molar-refractivity contribution in [3.8, 4) is 0 Å². The third-order valence-electron chi connectivity index (χ3n) is 8.21. The summed E-state index contributed by atoms with van der Waals surface area (Å²) < 4.78 is 0. The molecule has 0 radical (unpaired) electrons. The van der Waals surface area contributed by atoms with Gasteiger partial charge in [-0.1, -0.05) is 60.7 Å². The Labute approximate surface area is 299 Å². The van der Waals surface area contributed by atoms with Crippen LogP contribution in [0.5, 0.6) is 0 Å². The number of nitrogens with one attached hydrogen (secondary N) is 6. The topological polar surface area (TPSA) is 198 Å². The number of aliphatic hydroxyl groups excluding tert-OH is 1. The van der Waals surface area contributed by atoms with E-state index in [0.717, 1.165) is 49.9 Å². The molecule has 2 fully saturated rings. The Balaban J connectivity index is 1.55. The minimum absolute atomic E-state index is 0.107. The molecule has 0 unspecified atom stereocenters. The molecular weight excluding hydrogens is 654 g/mol. The number of amides is 6. The van der Waals surface area contributed by atoms with Gasteiger partial charge < -0.3 is 36.6 Å². The number of carbonyl (C=O) groups is 6. The highest BCUT2D eigenvalue weighted by atomic mass is 16.3. The van der Waals surface area contributed by atoms with Gasteiger partial charge in [0, 0.05) is 37.9 Å². The number of aliphatic hydroxyl groups is 1. The molecule has 2 aliphatic heterocycles. The van der Waals surface area contributed by atoms with Crippen LogP contribution in [0.25, 0.3) is 0 Å². The van der Waals surface area contributed by atoms with Crippen LogP contribution in [0, 0.1) is 0 Å². The van der Waals surface area contributed by atoms with Crippen molar-refractivity contribution >= 4 is 35.4 Å². The molecule has 14 nitrogen and oxygen atoms in total. The van der Waals surface area contributed by atoms with Gasteiger partial charge >= 0.3 is 0 Å². The van der Waals surface area contributed by atoms with E-state index in [2.05, 4.69) is 44.1 Å². The van der Waals surface area contributed by atoms with Crippen molar-refractivity contribution in [1.29, 1.82) is 0 Å². The highest BCUT2D eigenvalue weighted by molar-refractivity contribution is 5.96. The molecule has 276 valence electrons. The van der Waals surface area contributed by atoms with E-state index >= 15 is 0 Å². The lowest BCUT2D eigenvalue weighted by atomic mass is 10.0. The van der Waals surface area contributed by atoms with E-state index in [1.54, 1.807) is 57.2 Å². The minimum Gasteiger partial charge on any atom is -0.393 e. The summed E-state index contributed by atoms with van der Waals surface area (Å²) in [4.78, 5) is 79.1. The fourth-order valence-electron chi connectivity index (χ4n) is 5.45. The zero-order chi connectivity index (χ0) is 37.2. The van der Waals surface area contributed by atoms with Gasteiger partial charge in [-0.05, 0) is 58.4 Å². The molecule has 2 aliphatic rings. The maximum absolute atomic E-state index is 13.5. The second-order valence-electron chi connectivity index (χ2n) is 13.0. The summed E-state index contributed by atoms with van der Waals surface area (Å²) in [7, 11) is 0. The van der Waals surface area contributed by atoms with E-state index in [9.17, 15) is 33.9 Å². The summed E-state index contributed by atoms with van der Waals surface area (Å²) in [6.07, 6.45) is 17.2. The monoisotopic (exact) mass is 705 g/mol. The summed E-state index contributed by atoms with van der Waals surface area (Å²) in [5.41, 5.74) is -0.121. The van der Waals surface area contributed by atoms with Crippen LogP contribution in [0.2, 0.25) is 0 Å². The molecule has 7 N–H and O–H groups in total. The van der Waals surface area contributed by atoms with Gasteiger partial charge in [-0.2, -0.15) is 0 Å². The zero-order valence-corrected chi connectivity index (χ0v) is 29.5. The van der Waals surface area contributed by atoms with Crippen LogP contribution in [0.1, 0.15) is 58.4 Å². The highest BCUT2D eigenvalue weighted by Crippen LogP contribution is 2.20. The molecule has 51 heavy (non-hydrogen) atoms. The first-order valence-corrected chi connectivity index (χ1v) is 17.3. The number of hydrogen-bond donors (Lipinski definition) is 7. The predicted octanol–water partition coefficient (Wildman–Crippen LogP) is 0.611. The van der Waals surface area contributed by atoms with Gasteiger partial charge in [-0.15, -0.1) is 0 Å². The van der Waals surface area contributed by atoms with E-state index in [1.165, 1.54) is 11.0 Å². The molecule has 0 spiro atoms. The first-order chi connectivity index (χ1) is 24.4. The molecule has 6 amide bonds. The number of fused-ring (bicyclic) bond motifs is 2. The fourth-order valence-corrected chi connectivity index (χ4v) is 5.45. The Bertz CT molecular complexity index is 1490. The summed E-state index contributed by atoms with van der Waals surface area (Å²) >= 11 is 0. The molecule has 2 heterocycles. The van der Waals surface area contributed by atoms with Gasteiger partial charge in [0.05, 0.1) is 11.8 Å². The van der Waals surface area contributed by atoms with Gasteiger partial charge in [-0.25, -0.2) is 0 Å². The Morgan fingerprint density at radius 3 is 2.41 bits per heavy atom. The minimum atomic E-state index is -1.25. The quantitative estimate of drug-likeness (QED) is 0.0596. The lowest BCUT2D eigenvalue weighted by Crippen LogP contribution is -2.59. The molecule has 1 aromatic carbocycles. The number of nitrogens with zero attached hydrogens (tertiary/aromatic N) is 1. The lowest BCUT2D eigenvalue weighted by molar-refractivity contribution is -0.137. The van der Waals surface area contributed by atoms with Gasteiger partial charge in [0.25, 0.3) is 0 Å². The summed E-state index contributed by atoms with van der Waals surface area (Å²) in [5, 5.41) is 25.4. The third kappa shape index (κ3) is 14.4. The van der Waals surface area contributed by atoms with Crippen molar-refractivity contribution in [2.75, 3.05) is 19.6 Å². The number of unbranched alkanes of at least 4 members (excludes halogenated alkanes) is 2. The van der Waals surface area contributed by atoms with Crippen molar-refractivity contribution in [2.24, 2.45) is 0 Å². The van der Waals surface area contributed by atoms with Gasteiger partial charge in [-0.3, -0.25) is 34.1 Å². The Morgan fingerprint density at radius 2 is 1.67 bits per heavy atom. The first kappa shape index (κ1) is 40.4. The van der Waals surface area contributed by atoms with Gasteiger partial charge in [0.15, 0.2) is 0 Å². The summed E-state index contributed by atoms with van der Waals surface area (Å²) in [6.45, 7) is 4.55. The van der Waals surface area contributed by atoms with Crippen molar-refractivity contribution in [3.05, 3.63) is 84.6 Å². The predicted molar refractivity (Wildman–Crippen MR) is 192 cm³/mol. The van der Waals surface area contributed by atoms with E-state index in [0.29, 0.717) is 0 Å². The maximum Gasteiger partial charge on any atom is 0.247 e. The van der Waals surface area contributed by atoms with E-state index in [4.69, 9.17) is 0 Å². The van der Waals surface area contributed by atoms with Crippen LogP contribution < -0.4 is 31.9 Å². The van der Waals surface area contributed by atoms with Crippen LogP contribution in [-0.2, 0) is 35.2 Å². The molecule has 2 bridgehead atoms. The highest BCUT2D eigenvalue weighted by Gasteiger charge is 2.45. The van der Waals surface area contributed by atoms with Crippen LogP contribution in [0.4, 0.5) is 0 Å². The smallest absolute Gasteiger partial charge is 0.247 e. The number of benzene rings is 1. The number of carbonyl (C=O) groups excluding carboxylic acids is 6. The van der Waals surface area contributed by atoms with E-state index < -0.39 is 53.3 Å². The normalized spacial score (nSPS) is 22.0. The Morgan fingerprint density at radius 1 is 0.941 bits per heavy atom. The summed E-state index contributed by atoms with van der Waals surface area (Å²) in [6, 6.07) is 5.88. The van der Waals surface area contributed by atoms with Gasteiger partial charge in [0.2, 0.25) is 35.4 Å². The van der Waals surface area contributed by atoms with Gasteiger partial charge in [0.1, 0.15) is 24.7 Å². The molecule has 14 heteroatoms. The molecule has 0 aliphatic carbocycles. The average Bonchev–Trinajstić information content (AvgIpc) is 3.30. The average molecular weight is 706 g/mol. The molecule has 3 rings (SSSR count). The summed E-state index contributed by atoms with van der Waals surface area (Å²) in [5.74, 6) is -3.28. The van der Waals surface area contributed by atoms with Crippen molar-refractivity contribution in [1.82, 2.24) is 36.8 Å². The second kappa shape index (κ2) is 20.6. The SMILES string of the molecule is C[C@@H](O)CC/C=C/CCC/C=C/C=C/C(=O)N/C=C/C(=O)NC[C@H]1NC(=O)[C@H](Cc2ccccc2)NC(=O)CN2C(=O)[C@H](CNC1=O)NC2(C)C. The van der Waals surface area contributed by atoms with Crippen molar-refractivity contribution in [3.63, 3.8) is 0 Å². The molecule has 2 saturated heterocycles. The number of hydrogen-bond acceptors (Lipinski definition) is 8. The number of rotatable bonds is 15. The van der Waals surface area contributed by atoms with E-state index in [1.807, 2.05) is 12.1 Å². The maximum atomic E-state index is 13.5. The Kier molecular flexibility index (Phi) is 16.3. The van der Waals surface area contributed by atoms with Crippen LogP contribution >= 0.6 is 0 Å². The lowest BCUT2D eigenvalue weighted by Gasteiger charge is -2.31. The molecular formula is C37H51N7O7. The zero-order valence-electron chi connectivity index (χ0n) is 29.5. The largest absolute Gasteiger partial charge is 0.393 e. The molecule has 4 atom stereocenters. The third-order valence-corrected chi connectivity index (χ3v) is 8.21. The number of allylic oxidation sites excluding steroid dienone is 5. The standard InChI is InChI=1S/C37H51N7O7/c1-26(45)16-12-9-7-5-4-6-8-10-15-19-31(46)38-21-20-32(47)39-23-29-34(49)40-24-30-36(51)44(37(2,3)43-30)25-33(48)41-28(35(50)42-29)22-27-17-13-11-14-18-27/h7-11,13-15,17-21,26,28-30,43,45H,4-6,12,16,22-25H2,1-3H3,(H,38,46)(H,39,47)(H,40,49)(H,41,48)(H,42,50)/b9-7+,10-8+,19-15+,21-20+/t26-,28+,29-,30+/m1/s1. The van der Waals surface area contributed by atoms with Crippen LogP contribution in [-0.4, -0.2) is 95.0 Å². The van der Waals surface area contributed by atoms with Crippen molar-refractivity contribution < 1.29 is 33.9 Å². The van der Waals surface area contributed by atoms with E-state index in [-0.39, 0.29) is 38.1 Å². The van der Waals surface area contributed by atoms with Crippen LogP contribution in [0.3, 0.4) is 0 Å². The molecule has 0 aromatic heterocycles. The molecule has 0 saturated carbocycles. The second-order valence-corrected chi connectivity index (χ2v) is 13.0. The first-order valence-electron chi connectivity index (χ1n) is 17.3. The fraction of sp³-hybridized carbons (Fsp3) is 0.459.